The van der Waals surface area contributed by atoms with Crippen LogP contribution in [0.3, 0.4) is 0 Å². The van der Waals surface area contributed by atoms with E-state index in [1.54, 1.807) is 6.07 Å². The Balaban J connectivity index is 3.19. The summed E-state index contributed by atoms with van der Waals surface area (Å²) in [5, 5.41) is 0. The van der Waals surface area contributed by atoms with Crippen LogP contribution in [0.2, 0.25) is 0 Å². The lowest BCUT2D eigenvalue weighted by atomic mass is 10.0. The summed E-state index contributed by atoms with van der Waals surface area (Å²) < 4.78 is 13.2. The minimum Gasteiger partial charge on any atom is -0.368 e. The maximum atomic E-state index is 13.2. The number of benzene rings is 1. The predicted molar refractivity (Wildman–Crippen MR) is 78.3 cm³/mol. The van der Waals surface area contributed by atoms with E-state index < -0.39 is 0 Å². The van der Waals surface area contributed by atoms with Gasteiger partial charge in [-0.25, -0.2) is 4.39 Å². The minimum absolute atomic E-state index is 0.361. The highest BCUT2D eigenvalue weighted by atomic mass is 19.1. The lowest BCUT2D eigenvalue weighted by Gasteiger charge is -2.35. The molecule has 19 heavy (non-hydrogen) atoms. The molecule has 0 saturated carbocycles. The Labute approximate surface area is 115 Å². The molecule has 0 aromatic heterocycles. The van der Waals surface area contributed by atoms with Gasteiger partial charge >= 0.3 is 0 Å². The summed E-state index contributed by atoms with van der Waals surface area (Å²) in [6.45, 7) is 9.47. The van der Waals surface area contributed by atoms with Crippen molar-refractivity contribution in [2.24, 2.45) is 5.92 Å². The zero-order chi connectivity index (χ0) is 14.4. The summed E-state index contributed by atoms with van der Waals surface area (Å²) in [6, 6.07) is 4.85. The van der Waals surface area contributed by atoms with E-state index in [0.717, 1.165) is 31.4 Å². The molecule has 0 bridgehead atoms. The second kappa shape index (κ2) is 7.27. The van der Waals surface area contributed by atoms with Gasteiger partial charge in [0.15, 0.2) is 6.29 Å². The summed E-state index contributed by atoms with van der Waals surface area (Å²) in [6.07, 6.45) is 2.77. The van der Waals surface area contributed by atoms with E-state index in [9.17, 15) is 9.18 Å². The summed E-state index contributed by atoms with van der Waals surface area (Å²) in [5.74, 6) is 0.130. The lowest BCUT2D eigenvalue weighted by molar-refractivity contribution is 0.112. The molecule has 0 aliphatic rings. The largest absolute Gasteiger partial charge is 0.368 e. The molecule has 0 aliphatic carbocycles. The van der Waals surface area contributed by atoms with Gasteiger partial charge in [-0.3, -0.25) is 4.79 Å². The molecule has 0 radical (unpaired) electrons. The van der Waals surface area contributed by atoms with E-state index in [1.165, 1.54) is 12.1 Å². The number of carbonyl (C=O) groups excluding carboxylic acids is 1. The maximum Gasteiger partial charge on any atom is 0.152 e. The van der Waals surface area contributed by atoms with Gasteiger partial charge in [0, 0.05) is 23.8 Å². The Morgan fingerprint density at radius 1 is 1.26 bits per heavy atom. The summed E-state index contributed by atoms with van der Waals surface area (Å²) in [4.78, 5) is 13.4. The first-order chi connectivity index (χ1) is 9.03. The number of rotatable bonds is 7. The molecular weight excluding hydrogens is 241 g/mol. The van der Waals surface area contributed by atoms with E-state index in [-0.39, 0.29) is 5.82 Å². The first-order valence-corrected chi connectivity index (χ1v) is 7.04. The SMILES string of the molecule is CCC(CC)N(CC(C)C)c1ccc(F)cc1C=O. The number of aldehydes is 1. The fourth-order valence-electron chi connectivity index (χ4n) is 2.45. The van der Waals surface area contributed by atoms with E-state index in [2.05, 4.69) is 32.6 Å². The third-order valence-electron chi connectivity index (χ3n) is 3.37. The average Bonchev–Trinajstić information content (AvgIpc) is 2.38. The molecule has 1 aromatic rings. The first-order valence-electron chi connectivity index (χ1n) is 7.04. The van der Waals surface area contributed by atoms with Gasteiger partial charge in [-0.2, -0.15) is 0 Å². The molecule has 0 unspecified atom stereocenters. The van der Waals surface area contributed by atoms with Gasteiger partial charge in [0.05, 0.1) is 0 Å². The molecule has 0 fully saturated rings. The van der Waals surface area contributed by atoms with Crippen LogP contribution in [0.1, 0.15) is 50.9 Å². The molecule has 0 spiro atoms. The highest BCUT2D eigenvalue weighted by molar-refractivity contribution is 5.84. The molecule has 0 N–H and O–H groups in total. The van der Waals surface area contributed by atoms with Crippen molar-refractivity contribution in [2.45, 2.75) is 46.6 Å². The highest BCUT2D eigenvalue weighted by Crippen LogP contribution is 2.26. The van der Waals surface area contributed by atoms with Gasteiger partial charge in [0.25, 0.3) is 0 Å². The third kappa shape index (κ3) is 4.05. The van der Waals surface area contributed by atoms with E-state index >= 15 is 0 Å². The van der Waals surface area contributed by atoms with Crippen molar-refractivity contribution in [3.63, 3.8) is 0 Å². The quantitative estimate of drug-likeness (QED) is 0.685. The Kier molecular flexibility index (Phi) is 6.00. The molecule has 0 heterocycles. The Morgan fingerprint density at radius 3 is 2.37 bits per heavy atom. The van der Waals surface area contributed by atoms with Gasteiger partial charge < -0.3 is 4.90 Å². The van der Waals surface area contributed by atoms with Crippen LogP contribution in [-0.4, -0.2) is 18.9 Å². The zero-order valence-electron chi connectivity index (χ0n) is 12.3. The molecule has 106 valence electrons. The molecule has 0 aliphatic heterocycles. The topological polar surface area (TPSA) is 20.3 Å². The fourth-order valence-corrected chi connectivity index (χ4v) is 2.45. The highest BCUT2D eigenvalue weighted by Gasteiger charge is 2.19. The van der Waals surface area contributed by atoms with Crippen molar-refractivity contribution in [3.8, 4) is 0 Å². The van der Waals surface area contributed by atoms with Gasteiger partial charge in [-0.05, 0) is 37.0 Å². The van der Waals surface area contributed by atoms with E-state index in [0.29, 0.717) is 17.5 Å². The van der Waals surface area contributed by atoms with Crippen LogP contribution in [0.5, 0.6) is 0 Å². The van der Waals surface area contributed by atoms with Crippen LogP contribution in [0.4, 0.5) is 10.1 Å². The molecule has 0 saturated heterocycles. The van der Waals surface area contributed by atoms with Gasteiger partial charge in [-0.15, -0.1) is 0 Å². The first kappa shape index (κ1) is 15.7. The summed E-state index contributed by atoms with van der Waals surface area (Å²) in [5.41, 5.74) is 1.28. The third-order valence-corrected chi connectivity index (χ3v) is 3.37. The molecule has 2 nitrogen and oxygen atoms in total. The fraction of sp³-hybridized carbons (Fsp3) is 0.562. The van der Waals surface area contributed by atoms with Crippen LogP contribution < -0.4 is 4.90 Å². The summed E-state index contributed by atoms with van der Waals surface area (Å²) in [7, 11) is 0. The van der Waals surface area contributed by atoms with Crippen LogP contribution in [0.15, 0.2) is 18.2 Å². The number of halogens is 1. The minimum atomic E-state index is -0.361. The van der Waals surface area contributed by atoms with Crippen molar-refractivity contribution in [3.05, 3.63) is 29.6 Å². The van der Waals surface area contributed by atoms with Gasteiger partial charge in [0.2, 0.25) is 0 Å². The predicted octanol–water partition coefficient (Wildman–Crippen LogP) is 4.29. The van der Waals surface area contributed by atoms with Crippen LogP contribution in [0, 0.1) is 11.7 Å². The zero-order valence-corrected chi connectivity index (χ0v) is 12.3. The van der Waals surface area contributed by atoms with Crippen molar-refractivity contribution in [2.75, 3.05) is 11.4 Å². The molecule has 1 aromatic carbocycles. The lowest BCUT2D eigenvalue weighted by Crippen LogP contribution is -2.38. The maximum absolute atomic E-state index is 13.2. The van der Waals surface area contributed by atoms with E-state index in [1.807, 2.05) is 0 Å². The van der Waals surface area contributed by atoms with Crippen molar-refractivity contribution in [1.82, 2.24) is 0 Å². The van der Waals surface area contributed by atoms with Crippen LogP contribution in [0.25, 0.3) is 0 Å². The van der Waals surface area contributed by atoms with Crippen LogP contribution >= 0.6 is 0 Å². The molecular formula is C16H24FNO. The van der Waals surface area contributed by atoms with Crippen molar-refractivity contribution < 1.29 is 9.18 Å². The molecule has 0 amide bonds. The number of nitrogens with zero attached hydrogens (tertiary/aromatic N) is 1. The average molecular weight is 265 g/mol. The van der Waals surface area contributed by atoms with Gasteiger partial charge in [0.1, 0.15) is 5.82 Å². The molecule has 3 heteroatoms. The second-order valence-corrected chi connectivity index (χ2v) is 5.34. The Bertz CT molecular complexity index is 413. The number of anilines is 1. The number of hydrogen-bond acceptors (Lipinski definition) is 2. The Morgan fingerprint density at radius 2 is 1.89 bits per heavy atom. The standard InChI is InChI=1S/C16H24FNO/c1-5-15(6-2)18(10-12(3)4)16-8-7-14(17)9-13(16)11-19/h7-9,11-12,15H,5-6,10H2,1-4H3. The Hall–Kier alpha value is -1.38. The van der Waals surface area contributed by atoms with Crippen molar-refractivity contribution >= 4 is 12.0 Å². The smallest absolute Gasteiger partial charge is 0.152 e. The van der Waals surface area contributed by atoms with Crippen molar-refractivity contribution in [1.29, 1.82) is 0 Å². The molecule has 0 atom stereocenters. The van der Waals surface area contributed by atoms with Crippen LogP contribution in [-0.2, 0) is 0 Å². The normalized spacial score (nSPS) is 11.1. The molecule has 1 rings (SSSR count). The number of carbonyl (C=O) groups is 1. The van der Waals surface area contributed by atoms with Gasteiger partial charge in [-0.1, -0.05) is 27.7 Å². The second-order valence-electron chi connectivity index (χ2n) is 5.34. The monoisotopic (exact) mass is 265 g/mol. The number of hydrogen-bond donors (Lipinski definition) is 0. The summed E-state index contributed by atoms with van der Waals surface area (Å²) >= 11 is 0. The van der Waals surface area contributed by atoms with E-state index in [4.69, 9.17) is 0 Å².